The fraction of sp³-hybridized carbons (Fsp3) is 0.333. The van der Waals surface area contributed by atoms with Crippen LogP contribution in [0.3, 0.4) is 0 Å². The number of hydrogen-bond donors (Lipinski definition) is 3. The summed E-state index contributed by atoms with van der Waals surface area (Å²) in [4.78, 5) is 35.6. The molecule has 0 unspecified atom stereocenters. The zero-order valence-corrected chi connectivity index (χ0v) is 18.7. The standard InChI is InChI=1S/C24H28N4O5/c1-16-5-8-19(12-17(16)2)27-22(29)15-33-20-9-6-18(7-10-20)13-26-28-24(31)23(30)25-14-21-4-3-11-32-21/h5-10,12-13,21H,3-4,11,14-15H2,1-2H3,(H,25,30)(H,27,29)(H,28,31)/b26-13-/t21-/m1/s1. The first kappa shape index (κ1) is 23.9. The van der Waals surface area contributed by atoms with Crippen LogP contribution in [0.1, 0.15) is 29.5 Å². The van der Waals surface area contributed by atoms with Crippen molar-refractivity contribution in [3.8, 4) is 5.75 Å². The predicted molar refractivity (Wildman–Crippen MR) is 124 cm³/mol. The Morgan fingerprint density at radius 2 is 1.88 bits per heavy atom. The number of amides is 3. The second-order valence-electron chi connectivity index (χ2n) is 7.75. The van der Waals surface area contributed by atoms with Gasteiger partial charge in [0.15, 0.2) is 6.61 Å². The van der Waals surface area contributed by atoms with Gasteiger partial charge in [-0.2, -0.15) is 5.10 Å². The molecule has 0 spiro atoms. The van der Waals surface area contributed by atoms with Gasteiger partial charge in [0.2, 0.25) is 0 Å². The zero-order valence-electron chi connectivity index (χ0n) is 18.7. The van der Waals surface area contributed by atoms with Gasteiger partial charge in [-0.3, -0.25) is 14.4 Å². The van der Waals surface area contributed by atoms with E-state index < -0.39 is 11.8 Å². The van der Waals surface area contributed by atoms with E-state index in [0.29, 0.717) is 24.5 Å². The van der Waals surface area contributed by atoms with Gasteiger partial charge in [-0.15, -0.1) is 0 Å². The SMILES string of the molecule is Cc1ccc(NC(=O)COc2ccc(/C=N\NC(=O)C(=O)NC[C@H]3CCCO3)cc2)cc1C. The summed E-state index contributed by atoms with van der Waals surface area (Å²) >= 11 is 0. The third-order valence-electron chi connectivity index (χ3n) is 5.14. The Morgan fingerprint density at radius 3 is 2.58 bits per heavy atom. The van der Waals surface area contributed by atoms with Crippen LogP contribution in [-0.2, 0) is 19.1 Å². The minimum atomic E-state index is -0.848. The van der Waals surface area contributed by atoms with Crippen molar-refractivity contribution >= 4 is 29.6 Å². The molecule has 0 saturated carbocycles. The number of anilines is 1. The molecule has 1 aliphatic heterocycles. The maximum Gasteiger partial charge on any atom is 0.329 e. The number of hydrogen-bond acceptors (Lipinski definition) is 6. The lowest BCUT2D eigenvalue weighted by molar-refractivity contribution is -0.139. The predicted octanol–water partition coefficient (Wildman–Crippen LogP) is 2.07. The van der Waals surface area contributed by atoms with Crippen molar-refractivity contribution in [2.45, 2.75) is 32.8 Å². The maximum atomic E-state index is 12.1. The highest BCUT2D eigenvalue weighted by Crippen LogP contribution is 2.15. The Morgan fingerprint density at radius 1 is 1.09 bits per heavy atom. The molecule has 1 aliphatic rings. The third kappa shape index (κ3) is 7.73. The summed E-state index contributed by atoms with van der Waals surface area (Å²) in [6, 6.07) is 12.5. The summed E-state index contributed by atoms with van der Waals surface area (Å²) in [7, 11) is 0. The Bertz CT molecular complexity index is 1010. The van der Waals surface area contributed by atoms with Crippen LogP contribution in [0.4, 0.5) is 5.69 Å². The average molecular weight is 453 g/mol. The first-order chi connectivity index (χ1) is 15.9. The van der Waals surface area contributed by atoms with E-state index in [0.717, 1.165) is 29.7 Å². The third-order valence-corrected chi connectivity index (χ3v) is 5.14. The molecule has 174 valence electrons. The normalized spacial score (nSPS) is 15.3. The molecule has 1 saturated heterocycles. The van der Waals surface area contributed by atoms with Crippen LogP contribution in [-0.4, -0.2) is 49.8 Å². The van der Waals surface area contributed by atoms with Crippen LogP contribution in [0.15, 0.2) is 47.6 Å². The van der Waals surface area contributed by atoms with Gasteiger partial charge in [0.25, 0.3) is 5.91 Å². The monoisotopic (exact) mass is 452 g/mol. The topological polar surface area (TPSA) is 118 Å². The summed E-state index contributed by atoms with van der Waals surface area (Å²) in [5.41, 5.74) is 5.85. The first-order valence-corrected chi connectivity index (χ1v) is 10.7. The molecule has 3 amide bonds. The number of carbonyl (C=O) groups is 3. The lowest BCUT2D eigenvalue weighted by atomic mass is 10.1. The molecular weight excluding hydrogens is 424 g/mol. The van der Waals surface area contributed by atoms with Gasteiger partial charge < -0.3 is 20.1 Å². The van der Waals surface area contributed by atoms with E-state index in [2.05, 4.69) is 21.2 Å². The molecule has 0 aromatic heterocycles. The van der Waals surface area contributed by atoms with Crippen LogP contribution in [0.25, 0.3) is 0 Å². The highest BCUT2D eigenvalue weighted by atomic mass is 16.5. The molecule has 9 heteroatoms. The minimum Gasteiger partial charge on any atom is -0.484 e. The van der Waals surface area contributed by atoms with E-state index in [9.17, 15) is 14.4 Å². The van der Waals surface area contributed by atoms with E-state index in [1.54, 1.807) is 24.3 Å². The number of benzene rings is 2. The summed E-state index contributed by atoms with van der Waals surface area (Å²) in [6.07, 6.45) is 3.20. The van der Waals surface area contributed by atoms with E-state index in [4.69, 9.17) is 9.47 Å². The Labute approximate surface area is 192 Å². The summed E-state index contributed by atoms with van der Waals surface area (Å²) in [6.45, 7) is 4.86. The fourth-order valence-corrected chi connectivity index (χ4v) is 3.12. The average Bonchev–Trinajstić information content (AvgIpc) is 3.33. The lowest BCUT2D eigenvalue weighted by Crippen LogP contribution is -2.41. The van der Waals surface area contributed by atoms with Crippen molar-refractivity contribution in [3.63, 3.8) is 0 Å². The quantitative estimate of drug-likeness (QED) is 0.322. The Kier molecular flexibility index (Phi) is 8.54. The molecule has 0 radical (unpaired) electrons. The second-order valence-corrected chi connectivity index (χ2v) is 7.75. The highest BCUT2D eigenvalue weighted by molar-refractivity contribution is 6.35. The first-order valence-electron chi connectivity index (χ1n) is 10.7. The molecule has 33 heavy (non-hydrogen) atoms. The van der Waals surface area contributed by atoms with Crippen LogP contribution < -0.4 is 20.8 Å². The van der Waals surface area contributed by atoms with Gasteiger partial charge in [0, 0.05) is 18.8 Å². The molecule has 1 atom stereocenters. The zero-order chi connectivity index (χ0) is 23.6. The second kappa shape index (κ2) is 11.8. The number of aryl methyl sites for hydroxylation is 2. The highest BCUT2D eigenvalue weighted by Gasteiger charge is 2.18. The van der Waals surface area contributed by atoms with Crippen LogP contribution in [0, 0.1) is 13.8 Å². The van der Waals surface area contributed by atoms with E-state index >= 15 is 0 Å². The van der Waals surface area contributed by atoms with Gasteiger partial charge >= 0.3 is 11.8 Å². The number of nitrogens with zero attached hydrogens (tertiary/aromatic N) is 1. The minimum absolute atomic E-state index is 0.0381. The molecule has 9 nitrogen and oxygen atoms in total. The van der Waals surface area contributed by atoms with Crippen LogP contribution in [0.5, 0.6) is 5.75 Å². The summed E-state index contributed by atoms with van der Waals surface area (Å²) in [5.74, 6) is -1.35. The molecule has 0 bridgehead atoms. The number of carbonyl (C=O) groups excluding carboxylic acids is 3. The van der Waals surface area contributed by atoms with Crippen molar-refractivity contribution in [3.05, 3.63) is 59.2 Å². The van der Waals surface area contributed by atoms with E-state index in [1.807, 2.05) is 32.0 Å². The van der Waals surface area contributed by atoms with Crippen LogP contribution >= 0.6 is 0 Å². The molecule has 3 N–H and O–H groups in total. The fourth-order valence-electron chi connectivity index (χ4n) is 3.12. The van der Waals surface area contributed by atoms with Gasteiger partial charge in [-0.1, -0.05) is 6.07 Å². The van der Waals surface area contributed by atoms with E-state index in [-0.39, 0.29) is 18.6 Å². The summed E-state index contributed by atoms with van der Waals surface area (Å²) < 4.78 is 10.9. The number of hydrazone groups is 1. The van der Waals surface area contributed by atoms with Gasteiger partial charge in [0.05, 0.1) is 12.3 Å². The number of nitrogens with one attached hydrogen (secondary N) is 3. The molecule has 2 aromatic carbocycles. The molecule has 3 rings (SSSR count). The largest absolute Gasteiger partial charge is 0.484 e. The van der Waals surface area contributed by atoms with Crippen LogP contribution in [0.2, 0.25) is 0 Å². The molecule has 1 heterocycles. The van der Waals surface area contributed by atoms with Gasteiger partial charge in [-0.05, 0) is 79.8 Å². The number of rotatable bonds is 8. The number of ether oxygens (including phenoxy) is 2. The molecular formula is C24H28N4O5. The molecule has 1 fully saturated rings. The van der Waals surface area contributed by atoms with Crippen molar-refractivity contribution in [2.24, 2.45) is 5.10 Å². The van der Waals surface area contributed by atoms with Crippen molar-refractivity contribution < 1.29 is 23.9 Å². The lowest BCUT2D eigenvalue weighted by Gasteiger charge is -2.09. The van der Waals surface area contributed by atoms with Crippen molar-refractivity contribution in [1.29, 1.82) is 0 Å². The maximum absolute atomic E-state index is 12.1. The summed E-state index contributed by atoms with van der Waals surface area (Å²) in [5, 5.41) is 9.11. The molecule has 0 aliphatic carbocycles. The Balaban J connectivity index is 1.38. The smallest absolute Gasteiger partial charge is 0.329 e. The molecule has 2 aromatic rings. The van der Waals surface area contributed by atoms with Gasteiger partial charge in [-0.25, -0.2) is 5.43 Å². The van der Waals surface area contributed by atoms with Crippen molar-refractivity contribution in [2.75, 3.05) is 25.1 Å². The van der Waals surface area contributed by atoms with E-state index in [1.165, 1.54) is 6.21 Å². The Hall–Kier alpha value is -3.72. The van der Waals surface area contributed by atoms with Crippen molar-refractivity contribution in [1.82, 2.24) is 10.7 Å². The van der Waals surface area contributed by atoms with Gasteiger partial charge in [0.1, 0.15) is 5.75 Å².